The van der Waals surface area contributed by atoms with Crippen molar-refractivity contribution in [2.75, 3.05) is 0 Å². The van der Waals surface area contributed by atoms with Crippen molar-refractivity contribution in [3.8, 4) is 0 Å². The number of hydrogen-bond acceptors (Lipinski definition) is 0. The van der Waals surface area contributed by atoms with E-state index in [1.165, 1.54) is 70.6 Å². The molecule has 0 saturated heterocycles. The topological polar surface area (TPSA) is 0 Å². The van der Waals surface area contributed by atoms with Crippen molar-refractivity contribution >= 4 is 0 Å². The first-order chi connectivity index (χ1) is 13.6. The van der Waals surface area contributed by atoms with Crippen molar-refractivity contribution in [1.29, 1.82) is 0 Å². The molecule has 0 aromatic rings. The highest BCUT2D eigenvalue weighted by atomic mass is 14.5. The van der Waals surface area contributed by atoms with E-state index in [2.05, 4.69) is 60.6 Å². The van der Waals surface area contributed by atoms with E-state index in [0.717, 1.165) is 29.6 Å². The number of rotatable bonds is 5. The second-order valence-electron chi connectivity index (χ2n) is 12.9. The minimum atomic E-state index is 0.490. The van der Waals surface area contributed by atoms with Crippen molar-refractivity contribution in [1.82, 2.24) is 0 Å². The minimum Gasteiger partial charge on any atom is -0.0697 e. The summed E-state index contributed by atoms with van der Waals surface area (Å²) < 4.78 is 0. The van der Waals surface area contributed by atoms with Crippen LogP contribution in [0.1, 0.15) is 119 Å². The van der Waals surface area contributed by atoms with E-state index in [9.17, 15) is 0 Å². The largest absolute Gasteiger partial charge is 0.0697 e. The Morgan fingerprint density at radius 1 is 1.07 bits per heavy atom. The van der Waals surface area contributed by atoms with E-state index in [4.69, 9.17) is 0 Å². The van der Waals surface area contributed by atoms with Gasteiger partial charge in [-0.1, -0.05) is 84.6 Å². The highest BCUT2D eigenvalue weighted by Crippen LogP contribution is 2.60. The summed E-state index contributed by atoms with van der Waals surface area (Å²) in [6.07, 6.45) is 20.6. The van der Waals surface area contributed by atoms with E-state index in [-0.39, 0.29) is 0 Å². The molecule has 0 spiro atoms. The molecule has 3 rings (SSSR count). The van der Waals surface area contributed by atoms with Crippen LogP contribution in [0.2, 0.25) is 0 Å². The van der Waals surface area contributed by atoms with Gasteiger partial charge in [0, 0.05) is 0 Å². The predicted molar refractivity (Wildman–Crippen MR) is 129 cm³/mol. The van der Waals surface area contributed by atoms with Gasteiger partial charge in [0.25, 0.3) is 0 Å². The third-order valence-electron chi connectivity index (χ3n) is 8.87. The molecule has 166 valence electrons. The van der Waals surface area contributed by atoms with E-state index < -0.39 is 0 Å². The molecule has 0 aromatic heterocycles. The zero-order chi connectivity index (χ0) is 21.2. The molecule has 0 nitrogen and oxygen atoms in total. The fourth-order valence-corrected chi connectivity index (χ4v) is 7.56. The Hall–Kier alpha value is -0.520. The second-order valence-corrected chi connectivity index (χ2v) is 12.9. The molecule has 0 heterocycles. The van der Waals surface area contributed by atoms with Crippen molar-refractivity contribution < 1.29 is 0 Å². The maximum Gasteiger partial charge on any atom is -0.0143 e. The average Bonchev–Trinajstić information content (AvgIpc) is 2.95. The lowest BCUT2D eigenvalue weighted by atomic mass is 9.60. The van der Waals surface area contributed by atoms with Crippen LogP contribution in [0.15, 0.2) is 23.3 Å². The molecule has 0 unspecified atom stereocenters. The number of allylic oxidation sites excluding steroid dienone is 4. The van der Waals surface area contributed by atoms with E-state index in [1.807, 2.05) is 0 Å². The van der Waals surface area contributed by atoms with Gasteiger partial charge in [0.2, 0.25) is 0 Å². The van der Waals surface area contributed by atoms with Gasteiger partial charge in [-0.15, -0.1) is 0 Å². The quantitative estimate of drug-likeness (QED) is 0.432. The van der Waals surface area contributed by atoms with Crippen LogP contribution >= 0.6 is 0 Å². The highest BCUT2D eigenvalue weighted by molar-refractivity contribution is 5.26. The van der Waals surface area contributed by atoms with Gasteiger partial charge in [-0.05, 0) is 98.2 Å². The molecule has 29 heavy (non-hydrogen) atoms. The van der Waals surface area contributed by atoms with Crippen LogP contribution in [0.3, 0.4) is 0 Å². The third-order valence-corrected chi connectivity index (χ3v) is 8.87. The fraction of sp³-hybridized carbons (Fsp3) is 0.862. The molecular formula is C29H50. The van der Waals surface area contributed by atoms with Crippen molar-refractivity contribution in [3.63, 3.8) is 0 Å². The Kier molecular flexibility index (Phi) is 7.44. The standard InChI is InChI=1S/C29H50/c1-21-18-22(2)20-24(19-21)12-13-25-11-9-17-29(7)26(14-15-27(25)29)23(3)10-8-16-28(4,5)6/h12-13,21-23,26-27H,8-11,14-20H2,1-7H3/b25-13+/t21-,22-,23+,26+,27-,29+/m0/s1. The zero-order valence-electron chi connectivity index (χ0n) is 20.8. The lowest BCUT2D eigenvalue weighted by Crippen LogP contribution is -2.36. The molecule has 3 aliphatic carbocycles. The average molecular weight is 399 g/mol. The SMILES string of the molecule is C[C@@H]1CC(=C/C=C2\CCC[C@]3(C)[C@@H]([C@H](C)CCCC(C)(C)C)CC[C@@H]23)C[C@@H](C)C1. The molecular weight excluding hydrogens is 348 g/mol. The van der Waals surface area contributed by atoms with Crippen molar-refractivity contribution in [2.45, 2.75) is 119 Å². The van der Waals surface area contributed by atoms with Crippen molar-refractivity contribution in [2.24, 2.45) is 40.4 Å². The van der Waals surface area contributed by atoms with Gasteiger partial charge in [-0.2, -0.15) is 0 Å². The molecule has 3 fully saturated rings. The fourth-order valence-electron chi connectivity index (χ4n) is 7.56. The van der Waals surface area contributed by atoms with Crippen LogP contribution in [0.25, 0.3) is 0 Å². The Balaban J connectivity index is 1.66. The molecule has 0 aromatic carbocycles. The van der Waals surface area contributed by atoms with Crippen LogP contribution in [0, 0.1) is 40.4 Å². The van der Waals surface area contributed by atoms with Crippen LogP contribution in [-0.4, -0.2) is 0 Å². The van der Waals surface area contributed by atoms with Gasteiger partial charge in [-0.3, -0.25) is 0 Å². The summed E-state index contributed by atoms with van der Waals surface area (Å²) in [6, 6.07) is 0. The normalized spacial score (nSPS) is 38.2. The van der Waals surface area contributed by atoms with Crippen LogP contribution in [0.5, 0.6) is 0 Å². The van der Waals surface area contributed by atoms with Gasteiger partial charge in [0.1, 0.15) is 0 Å². The summed E-state index contributed by atoms with van der Waals surface area (Å²) in [4.78, 5) is 0. The first kappa shape index (κ1) is 23.1. The molecule has 6 atom stereocenters. The summed E-state index contributed by atoms with van der Waals surface area (Å²) in [6.45, 7) is 17.3. The Morgan fingerprint density at radius 2 is 1.76 bits per heavy atom. The molecule has 0 bridgehead atoms. The summed E-state index contributed by atoms with van der Waals surface area (Å²) in [5, 5.41) is 0. The van der Waals surface area contributed by atoms with Gasteiger partial charge in [0.05, 0.1) is 0 Å². The maximum absolute atomic E-state index is 2.67. The van der Waals surface area contributed by atoms with Gasteiger partial charge in [-0.25, -0.2) is 0 Å². The lowest BCUT2D eigenvalue weighted by Gasteiger charge is -2.44. The van der Waals surface area contributed by atoms with E-state index >= 15 is 0 Å². The van der Waals surface area contributed by atoms with Gasteiger partial charge in [0.15, 0.2) is 0 Å². The first-order valence-corrected chi connectivity index (χ1v) is 13.0. The summed E-state index contributed by atoms with van der Waals surface area (Å²) in [5.74, 6) is 4.46. The monoisotopic (exact) mass is 398 g/mol. The smallest absolute Gasteiger partial charge is 0.0143 e. The Bertz CT molecular complexity index is 588. The van der Waals surface area contributed by atoms with E-state index in [0.29, 0.717) is 10.8 Å². The zero-order valence-corrected chi connectivity index (χ0v) is 20.8. The summed E-state index contributed by atoms with van der Waals surface area (Å²) >= 11 is 0. The molecule has 0 amide bonds. The minimum absolute atomic E-state index is 0.490. The highest BCUT2D eigenvalue weighted by Gasteiger charge is 2.50. The maximum atomic E-state index is 2.67. The Morgan fingerprint density at radius 3 is 2.41 bits per heavy atom. The number of hydrogen-bond donors (Lipinski definition) is 0. The summed E-state index contributed by atoms with van der Waals surface area (Å²) in [5.41, 5.74) is 4.59. The van der Waals surface area contributed by atoms with Crippen LogP contribution < -0.4 is 0 Å². The van der Waals surface area contributed by atoms with Gasteiger partial charge >= 0.3 is 0 Å². The van der Waals surface area contributed by atoms with Gasteiger partial charge < -0.3 is 0 Å². The summed E-state index contributed by atoms with van der Waals surface area (Å²) in [7, 11) is 0. The second kappa shape index (κ2) is 9.32. The Labute approximate surface area is 183 Å². The number of fused-ring (bicyclic) bond motifs is 1. The molecule has 0 radical (unpaired) electrons. The van der Waals surface area contributed by atoms with E-state index in [1.54, 1.807) is 11.1 Å². The predicted octanol–water partition coefficient (Wildman–Crippen LogP) is 9.36. The van der Waals surface area contributed by atoms with Crippen LogP contribution in [0.4, 0.5) is 0 Å². The van der Waals surface area contributed by atoms with Crippen LogP contribution in [-0.2, 0) is 0 Å². The molecule has 0 heteroatoms. The lowest BCUT2D eigenvalue weighted by molar-refractivity contribution is 0.0920. The molecule has 3 aliphatic rings. The molecule has 0 aliphatic heterocycles. The third kappa shape index (κ3) is 5.80. The van der Waals surface area contributed by atoms with Crippen molar-refractivity contribution in [3.05, 3.63) is 23.3 Å². The first-order valence-electron chi connectivity index (χ1n) is 13.0. The molecule has 0 N–H and O–H groups in total. The molecule has 3 saturated carbocycles.